The zero-order valence-corrected chi connectivity index (χ0v) is 18.2. The number of rotatable bonds is 10. The number of aryl methyl sites for hydroxylation is 1. The quantitative estimate of drug-likeness (QED) is 0.440. The molecule has 2 N–H and O–H groups in total. The lowest BCUT2D eigenvalue weighted by Gasteiger charge is -2.09. The minimum absolute atomic E-state index is 0.0208. The predicted molar refractivity (Wildman–Crippen MR) is 114 cm³/mol. The van der Waals surface area contributed by atoms with E-state index in [9.17, 15) is 22.8 Å². The van der Waals surface area contributed by atoms with Gasteiger partial charge in [0.1, 0.15) is 5.76 Å². The molecule has 0 radical (unpaired) electrons. The Hall–Kier alpha value is -2.95. The van der Waals surface area contributed by atoms with Gasteiger partial charge in [0.2, 0.25) is 11.8 Å². The molecule has 0 saturated heterocycles. The van der Waals surface area contributed by atoms with Crippen LogP contribution in [0.2, 0.25) is 0 Å². The number of benzene rings is 1. The van der Waals surface area contributed by atoms with Crippen molar-refractivity contribution in [2.45, 2.75) is 44.2 Å². The summed E-state index contributed by atoms with van der Waals surface area (Å²) in [6.45, 7) is 2.62. The second-order valence-corrected chi connectivity index (χ2v) is 7.96. The van der Waals surface area contributed by atoms with Crippen molar-refractivity contribution in [3.8, 4) is 0 Å². The van der Waals surface area contributed by atoms with Crippen LogP contribution in [0.5, 0.6) is 0 Å². The highest BCUT2D eigenvalue weighted by atomic mass is 32.2. The largest absolute Gasteiger partial charge is 0.467 e. The molecule has 0 saturated carbocycles. The summed E-state index contributed by atoms with van der Waals surface area (Å²) in [5.74, 6) is -0.171. The molecule has 2 heterocycles. The van der Waals surface area contributed by atoms with Gasteiger partial charge in [-0.2, -0.15) is 13.2 Å². The fourth-order valence-corrected chi connectivity index (χ4v) is 3.82. The first-order valence-electron chi connectivity index (χ1n) is 10.0. The third kappa shape index (κ3) is 6.28. The van der Waals surface area contributed by atoms with Crippen LogP contribution in [-0.2, 0) is 28.9 Å². The smallest absolute Gasteiger partial charge is 0.416 e. The number of hydrogen-bond donors (Lipinski definition) is 2. The van der Waals surface area contributed by atoms with Crippen LogP contribution < -0.4 is 10.6 Å². The molecule has 2 aromatic heterocycles. The summed E-state index contributed by atoms with van der Waals surface area (Å²) in [5, 5.41) is 5.60. The van der Waals surface area contributed by atoms with Crippen molar-refractivity contribution in [2.24, 2.45) is 0 Å². The molecule has 172 valence electrons. The van der Waals surface area contributed by atoms with E-state index in [4.69, 9.17) is 4.42 Å². The number of fused-ring (bicyclic) bond motifs is 1. The van der Waals surface area contributed by atoms with E-state index in [1.165, 1.54) is 12.3 Å². The first-order valence-corrected chi connectivity index (χ1v) is 11.0. The standard InChI is InChI=1S/C21H23F3N4O3S/c1-2-3-8-28-17-7-6-14(21(22,23)24)10-16(17)27-20(28)32-13-19(30)26-12-18(29)25-11-15-5-4-9-31-15/h4-7,9-10H,2-3,8,11-13H2,1H3,(H,25,29)(H,26,30). The van der Waals surface area contributed by atoms with Crippen molar-refractivity contribution < 1.29 is 27.2 Å². The van der Waals surface area contributed by atoms with Gasteiger partial charge in [0, 0.05) is 6.54 Å². The van der Waals surface area contributed by atoms with Crippen LogP contribution in [0.4, 0.5) is 13.2 Å². The Morgan fingerprint density at radius 3 is 2.69 bits per heavy atom. The lowest BCUT2D eigenvalue weighted by Crippen LogP contribution is -2.37. The zero-order valence-electron chi connectivity index (χ0n) is 17.4. The lowest BCUT2D eigenvalue weighted by molar-refractivity contribution is -0.137. The minimum atomic E-state index is -4.45. The Bertz CT molecular complexity index is 1060. The van der Waals surface area contributed by atoms with Crippen molar-refractivity contribution in [1.29, 1.82) is 0 Å². The van der Waals surface area contributed by atoms with Gasteiger partial charge in [-0.15, -0.1) is 0 Å². The van der Waals surface area contributed by atoms with E-state index < -0.39 is 11.7 Å². The van der Waals surface area contributed by atoms with E-state index in [0.29, 0.717) is 23.0 Å². The van der Waals surface area contributed by atoms with Crippen LogP contribution in [0.15, 0.2) is 46.2 Å². The monoisotopic (exact) mass is 468 g/mol. The number of aromatic nitrogens is 2. The van der Waals surface area contributed by atoms with Crippen LogP contribution >= 0.6 is 11.8 Å². The topological polar surface area (TPSA) is 89.2 Å². The van der Waals surface area contributed by atoms with Gasteiger partial charge in [-0.05, 0) is 36.8 Å². The SMILES string of the molecule is CCCCn1c(SCC(=O)NCC(=O)NCc2ccco2)nc2cc(C(F)(F)F)ccc21. The Labute approximate surface area is 186 Å². The van der Waals surface area contributed by atoms with Crippen LogP contribution in [0.1, 0.15) is 31.1 Å². The molecule has 0 aliphatic carbocycles. The average molecular weight is 469 g/mol. The Balaban J connectivity index is 1.59. The predicted octanol–water partition coefficient (Wildman–Crippen LogP) is 3.97. The van der Waals surface area contributed by atoms with Gasteiger partial charge < -0.3 is 19.6 Å². The zero-order chi connectivity index (χ0) is 23.1. The fourth-order valence-electron chi connectivity index (χ4n) is 2.95. The highest BCUT2D eigenvalue weighted by Crippen LogP contribution is 2.33. The first kappa shape index (κ1) is 23.7. The molecule has 0 atom stereocenters. The summed E-state index contributed by atoms with van der Waals surface area (Å²) in [7, 11) is 0. The van der Waals surface area contributed by atoms with Crippen LogP contribution in [0.3, 0.4) is 0 Å². The Morgan fingerprint density at radius 1 is 1.19 bits per heavy atom. The Kier molecular flexibility index (Phi) is 7.84. The minimum Gasteiger partial charge on any atom is -0.467 e. The number of carbonyl (C=O) groups is 2. The van der Waals surface area contributed by atoms with Gasteiger partial charge in [-0.3, -0.25) is 9.59 Å². The van der Waals surface area contributed by atoms with Crippen LogP contribution in [-0.4, -0.2) is 33.7 Å². The van der Waals surface area contributed by atoms with Crippen molar-refractivity contribution in [3.63, 3.8) is 0 Å². The van der Waals surface area contributed by atoms with Crippen LogP contribution in [0.25, 0.3) is 11.0 Å². The molecule has 0 fully saturated rings. The summed E-state index contributed by atoms with van der Waals surface area (Å²) in [4.78, 5) is 28.3. The number of nitrogens with one attached hydrogen (secondary N) is 2. The highest BCUT2D eigenvalue weighted by molar-refractivity contribution is 7.99. The molecule has 2 amide bonds. The molecular weight excluding hydrogens is 445 g/mol. The second kappa shape index (κ2) is 10.6. The molecule has 7 nitrogen and oxygen atoms in total. The first-order chi connectivity index (χ1) is 15.3. The molecule has 0 unspecified atom stereocenters. The summed E-state index contributed by atoms with van der Waals surface area (Å²) >= 11 is 1.12. The number of halogens is 3. The van der Waals surface area contributed by atoms with E-state index in [1.807, 2.05) is 11.5 Å². The third-order valence-electron chi connectivity index (χ3n) is 4.59. The van der Waals surface area contributed by atoms with Crippen molar-refractivity contribution in [3.05, 3.63) is 47.9 Å². The van der Waals surface area contributed by atoms with E-state index >= 15 is 0 Å². The number of amides is 2. The molecule has 0 aliphatic rings. The normalized spacial score (nSPS) is 11.6. The van der Waals surface area contributed by atoms with Crippen molar-refractivity contribution in [1.82, 2.24) is 20.2 Å². The lowest BCUT2D eigenvalue weighted by atomic mass is 10.2. The van der Waals surface area contributed by atoms with Gasteiger partial charge in [0.25, 0.3) is 0 Å². The molecule has 3 rings (SSSR count). The average Bonchev–Trinajstić information content (AvgIpc) is 3.39. The maximum Gasteiger partial charge on any atom is 0.416 e. The number of carbonyl (C=O) groups excluding carboxylic acids is 2. The summed E-state index contributed by atoms with van der Waals surface area (Å²) in [6, 6.07) is 6.89. The highest BCUT2D eigenvalue weighted by Gasteiger charge is 2.31. The summed E-state index contributed by atoms with van der Waals surface area (Å²) in [6.07, 6.45) is -1.23. The number of imidazole rings is 1. The number of alkyl halides is 3. The number of thioether (sulfide) groups is 1. The number of furan rings is 1. The second-order valence-electron chi connectivity index (χ2n) is 7.02. The van der Waals surface area contributed by atoms with E-state index in [0.717, 1.165) is 36.7 Å². The molecule has 11 heteroatoms. The van der Waals surface area contributed by atoms with Gasteiger partial charge >= 0.3 is 6.18 Å². The van der Waals surface area contributed by atoms with E-state index in [1.54, 1.807) is 12.1 Å². The van der Waals surface area contributed by atoms with Gasteiger partial charge in [-0.1, -0.05) is 25.1 Å². The van der Waals surface area contributed by atoms with Crippen molar-refractivity contribution >= 4 is 34.6 Å². The fraction of sp³-hybridized carbons (Fsp3) is 0.381. The van der Waals surface area contributed by atoms with E-state index in [2.05, 4.69) is 15.6 Å². The third-order valence-corrected chi connectivity index (χ3v) is 5.57. The molecule has 3 aromatic rings. The maximum atomic E-state index is 13.0. The number of hydrogen-bond acceptors (Lipinski definition) is 5. The molecule has 32 heavy (non-hydrogen) atoms. The van der Waals surface area contributed by atoms with E-state index in [-0.39, 0.29) is 36.2 Å². The van der Waals surface area contributed by atoms with Crippen LogP contribution in [0, 0.1) is 0 Å². The summed E-state index contributed by atoms with van der Waals surface area (Å²) < 4.78 is 46.0. The molecule has 0 bridgehead atoms. The van der Waals surface area contributed by atoms with Gasteiger partial charge in [0.15, 0.2) is 5.16 Å². The van der Waals surface area contributed by atoms with Crippen molar-refractivity contribution in [2.75, 3.05) is 12.3 Å². The molecular formula is C21H23F3N4O3S. The number of unbranched alkanes of at least 4 members (excludes halogenated alkanes) is 1. The molecule has 0 aliphatic heterocycles. The maximum absolute atomic E-state index is 13.0. The Morgan fingerprint density at radius 2 is 2.00 bits per heavy atom. The molecule has 1 aromatic carbocycles. The van der Waals surface area contributed by atoms with Gasteiger partial charge in [-0.25, -0.2) is 4.98 Å². The molecule has 0 spiro atoms. The summed E-state index contributed by atoms with van der Waals surface area (Å²) in [5.41, 5.74) is 0.0581. The van der Waals surface area contributed by atoms with Gasteiger partial charge in [0.05, 0.1) is 41.7 Å². The number of nitrogens with zero attached hydrogens (tertiary/aromatic N) is 2.